The monoisotopic (exact) mass is 331 g/mol. The number of unbranched alkanes of at least 4 members (excludes halogenated alkanes) is 2. The minimum Gasteiger partial charge on any atom is -0.316 e. The molecule has 0 saturated heterocycles. The third-order valence-corrected chi connectivity index (χ3v) is 5.46. The van der Waals surface area contributed by atoms with Crippen molar-refractivity contribution in [3.63, 3.8) is 0 Å². The van der Waals surface area contributed by atoms with Crippen LogP contribution in [0.4, 0.5) is 0 Å². The molecule has 1 N–H and O–H groups in total. The summed E-state index contributed by atoms with van der Waals surface area (Å²) in [5.74, 6) is 0.995. The molecule has 0 atom stereocenters. The quantitative estimate of drug-likeness (QED) is 0.482. The third kappa shape index (κ3) is 4.14. The number of halogens is 2. The van der Waals surface area contributed by atoms with Crippen molar-refractivity contribution in [2.24, 2.45) is 0 Å². The molecule has 0 amide bonds. The fourth-order valence-corrected chi connectivity index (χ4v) is 4.35. The van der Waals surface area contributed by atoms with Crippen molar-refractivity contribution < 1.29 is 4.79 Å². The molecular formula is C15H19Cl2NOS. The summed E-state index contributed by atoms with van der Waals surface area (Å²) < 4.78 is 0. The van der Waals surface area contributed by atoms with Gasteiger partial charge in [-0.25, -0.2) is 0 Å². The van der Waals surface area contributed by atoms with E-state index in [4.69, 9.17) is 23.2 Å². The SMILES string of the molecule is O=CCCCCSc1c(Cl)cc(Cl)c2c1CCNCC2. The fourth-order valence-electron chi connectivity index (χ4n) is 2.44. The standard InChI is InChI=1S/C15H19Cl2NOS/c16-13-10-14(17)15(20-9-3-1-2-8-19)12-5-7-18-6-4-11(12)13/h8,10,18H,1-7,9H2. The van der Waals surface area contributed by atoms with Gasteiger partial charge in [0, 0.05) is 16.3 Å². The average molecular weight is 332 g/mol. The van der Waals surface area contributed by atoms with E-state index in [1.165, 1.54) is 16.0 Å². The van der Waals surface area contributed by atoms with Crippen LogP contribution in [0.5, 0.6) is 0 Å². The predicted molar refractivity (Wildman–Crippen MR) is 87.4 cm³/mol. The molecular weight excluding hydrogens is 313 g/mol. The van der Waals surface area contributed by atoms with E-state index >= 15 is 0 Å². The normalized spacial score (nSPS) is 14.7. The molecule has 0 unspecified atom stereocenters. The third-order valence-electron chi connectivity index (χ3n) is 3.46. The van der Waals surface area contributed by atoms with Crippen LogP contribution < -0.4 is 5.32 Å². The second-order valence-corrected chi connectivity index (χ2v) is 6.81. The molecule has 1 aromatic rings. The Morgan fingerprint density at radius 1 is 1.15 bits per heavy atom. The Labute approximate surface area is 134 Å². The molecule has 0 aliphatic carbocycles. The van der Waals surface area contributed by atoms with Crippen molar-refractivity contribution in [3.8, 4) is 0 Å². The van der Waals surface area contributed by atoms with E-state index in [1.54, 1.807) is 11.8 Å². The van der Waals surface area contributed by atoms with Crippen molar-refractivity contribution in [3.05, 3.63) is 27.2 Å². The number of carbonyl (C=O) groups is 1. The van der Waals surface area contributed by atoms with Gasteiger partial charge in [0.2, 0.25) is 0 Å². The van der Waals surface area contributed by atoms with E-state index in [0.717, 1.165) is 60.9 Å². The first-order chi connectivity index (χ1) is 9.74. The summed E-state index contributed by atoms with van der Waals surface area (Å²) >= 11 is 14.5. The van der Waals surface area contributed by atoms with Gasteiger partial charge in [0.1, 0.15) is 6.29 Å². The maximum Gasteiger partial charge on any atom is 0.119 e. The van der Waals surface area contributed by atoms with Gasteiger partial charge < -0.3 is 10.1 Å². The smallest absolute Gasteiger partial charge is 0.119 e. The topological polar surface area (TPSA) is 29.1 Å². The summed E-state index contributed by atoms with van der Waals surface area (Å²) in [6.45, 7) is 1.94. The first-order valence-electron chi connectivity index (χ1n) is 7.01. The Morgan fingerprint density at radius 3 is 2.65 bits per heavy atom. The summed E-state index contributed by atoms with van der Waals surface area (Å²) in [6, 6.07) is 1.88. The molecule has 0 fully saturated rings. The van der Waals surface area contributed by atoms with Crippen LogP contribution in [0.3, 0.4) is 0 Å². The summed E-state index contributed by atoms with van der Waals surface area (Å²) in [6.07, 6.45) is 5.56. The first kappa shape index (κ1) is 16.2. The lowest BCUT2D eigenvalue weighted by Gasteiger charge is -2.15. The van der Waals surface area contributed by atoms with E-state index in [9.17, 15) is 4.79 Å². The van der Waals surface area contributed by atoms with Crippen LogP contribution in [0, 0.1) is 0 Å². The Morgan fingerprint density at radius 2 is 1.90 bits per heavy atom. The molecule has 0 saturated carbocycles. The Bertz CT molecular complexity index is 479. The molecule has 110 valence electrons. The summed E-state index contributed by atoms with van der Waals surface area (Å²) in [7, 11) is 0. The molecule has 2 nitrogen and oxygen atoms in total. The van der Waals surface area contributed by atoms with Gasteiger partial charge in [0.15, 0.2) is 0 Å². The highest BCUT2D eigenvalue weighted by molar-refractivity contribution is 7.99. The van der Waals surface area contributed by atoms with E-state index < -0.39 is 0 Å². The summed E-state index contributed by atoms with van der Waals surface area (Å²) in [5, 5.41) is 4.95. The minimum absolute atomic E-state index is 0.650. The number of fused-ring (bicyclic) bond motifs is 1. The maximum atomic E-state index is 10.3. The zero-order valence-corrected chi connectivity index (χ0v) is 13.7. The van der Waals surface area contributed by atoms with Gasteiger partial charge in [-0.1, -0.05) is 23.2 Å². The number of nitrogens with one attached hydrogen (secondary N) is 1. The van der Waals surface area contributed by atoms with Gasteiger partial charge >= 0.3 is 0 Å². The lowest BCUT2D eigenvalue weighted by molar-refractivity contribution is -0.107. The van der Waals surface area contributed by atoms with E-state index in [2.05, 4.69) is 5.32 Å². The van der Waals surface area contributed by atoms with Crippen LogP contribution in [-0.4, -0.2) is 25.1 Å². The molecule has 0 aromatic heterocycles. The zero-order chi connectivity index (χ0) is 14.4. The number of hydrogen-bond acceptors (Lipinski definition) is 3. The predicted octanol–water partition coefficient (Wildman–Crippen LogP) is 4.14. The molecule has 20 heavy (non-hydrogen) atoms. The Balaban J connectivity index is 2.12. The van der Waals surface area contributed by atoms with Crippen LogP contribution >= 0.6 is 35.0 Å². The highest BCUT2D eigenvalue weighted by Crippen LogP contribution is 2.38. The highest BCUT2D eigenvalue weighted by atomic mass is 35.5. The number of rotatable bonds is 6. The Kier molecular flexibility index (Phi) is 6.69. The van der Waals surface area contributed by atoms with Crippen molar-refractivity contribution in [2.75, 3.05) is 18.8 Å². The average Bonchev–Trinajstić information content (AvgIpc) is 2.67. The molecule has 0 radical (unpaired) electrons. The van der Waals surface area contributed by atoms with Gasteiger partial charge in [-0.2, -0.15) is 0 Å². The second kappa shape index (κ2) is 8.28. The van der Waals surface area contributed by atoms with Gasteiger partial charge in [-0.15, -0.1) is 11.8 Å². The van der Waals surface area contributed by atoms with Crippen molar-refractivity contribution >= 4 is 41.2 Å². The van der Waals surface area contributed by atoms with E-state index in [1.807, 2.05) is 6.07 Å². The first-order valence-corrected chi connectivity index (χ1v) is 8.75. The lowest BCUT2D eigenvalue weighted by Crippen LogP contribution is -2.16. The van der Waals surface area contributed by atoms with Crippen LogP contribution in [0.25, 0.3) is 0 Å². The van der Waals surface area contributed by atoms with E-state index in [0.29, 0.717) is 6.42 Å². The van der Waals surface area contributed by atoms with E-state index in [-0.39, 0.29) is 0 Å². The number of thioether (sulfide) groups is 1. The van der Waals surface area contributed by atoms with Crippen LogP contribution in [-0.2, 0) is 17.6 Å². The molecule has 5 heteroatoms. The highest BCUT2D eigenvalue weighted by Gasteiger charge is 2.18. The number of aldehydes is 1. The number of benzene rings is 1. The molecule has 0 spiro atoms. The molecule has 1 heterocycles. The fraction of sp³-hybridized carbons (Fsp3) is 0.533. The van der Waals surface area contributed by atoms with Crippen molar-refractivity contribution in [1.29, 1.82) is 0 Å². The van der Waals surface area contributed by atoms with Gasteiger partial charge in [-0.3, -0.25) is 0 Å². The summed E-state index contributed by atoms with van der Waals surface area (Å²) in [4.78, 5) is 11.5. The number of hydrogen-bond donors (Lipinski definition) is 1. The van der Waals surface area contributed by atoms with Crippen LogP contribution in [0.15, 0.2) is 11.0 Å². The maximum absolute atomic E-state index is 10.3. The largest absolute Gasteiger partial charge is 0.316 e. The Hall–Kier alpha value is -0.220. The van der Waals surface area contributed by atoms with Crippen LogP contribution in [0.2, 0.25) is 10.0 Å². The minimum atomic E-state index is 0.650. The molecule has 1 aliphatic rings. The van der Waals surface area contributed by atoms with Gasteiger partial charge in [0.25, 0.3) is 0 Å². The van der Waals surface area contributed by atoms with Gasteiger partial charge in [0.05, 0.1) is 5.02 Å². The molecule has 1 aromatic carbocycles. The zero-order valence-electron chi connectivity index (χ0n) is 11.4. The molecule has 2 rings (SSSR count). The van der Waals surface area contributed by atoms with Gasteiger partial charge in [-0.05, 0) is 61.7 Å². The van der Waals surface area contributed by atoms with Crippen LogP contribution in [0.1, 0.15) is 30.4 Å². The van der Waals surface area contributed by atoms with Crippen molar-refractivity contribution in [1.82, 2.24) is 5.32 Å². The second-order valence-electron chi connectivity index (χ2n) is 4.89. The number of carbonyl (C=O) groups excluding carboxylic acids is 1. The lowest BCUT2D eigenvalue weighted by atomic mass is 10.0. The molecule has 0 bridgehead atoms. The molecule has 1 aliphatic heterocycles. The summed E-state index contributed by atoms with van der Waals surface area (Å²) in [5.41, 5.74) is 2.56. The van der Waals surface area contributed by atoms with Crippen molar-refractivity contribution in [2.45, 2.75) is 37.0 Å².